The van der Waals surface area contributed by atoms with E-state index in [1.165, 1.54) is 10.9 Å². The van der Waals surface area contributed by atoms with Crippen LogP contribution in [0.15, 0.2) is 39.9 Å². The molecule has 0 saturated carbocycles. The second-order valence-corrected chi connectivity index (χ2v) is 4.82. The van der Waals surface area contributed by atoms with Gasteiger partial charge in [0, 0.05) is 28.1 Å². The molecular weight excluding hydrogens is 302 g/mol. The molecule has 2 aromatic rings. The zero-order chi connectivity index (χ0) is 11.0. The number of rotatable bonds is 2. The average Bonchev–Trinajstić information content (AvgIpc) is 2.89. The summed E-state index contributed by atoms with van der Waals surface area (Å²) in [4.78, 5) is 4.41. The summed E-state index contributed by atoms with van der Waals surface area (Å²) in [7, 11) is 0. The highest BCUT2D eigenvalue weighted by Gasteiger charge is 2.07. The summed E-state index contributed by atoms with van der Waals surface area (Å²) >= 11 is 3.48. The fourth-order valence-electron chi connectivity index (χ4n) is 2.02. The van der Waals surface area contributed by atoms with Crippen LogP contribution in [0, 0.1) is 0 Å². The van der Waals surface area contributed by atoms with E-state index in [1.54, 1.807) is 0 Å². The number of halogens is 2. The maximum absolute atomic E-state index is 4.41. The summed E-state index contributed by atoms with van der Waals surface area (Å²) < 4.78 is 3.34. The molecule has 0 atom stereocenters. The molecule has 3 nitrogen and oxygen atoms in total. The molecule has 0 radical (unpaired) electrons. The summed E-state index contributed by atoms with van der Waals surface area (Å²) in [6.45, 7) is 2.71. The van der Waals surface area contributed by atoms with Crippen molar-refractivity contribution < 1.29 is 0 Å². The number of hydrogen-bond donors (Lipinski definition) is 1. The molecule has 3 rings (SSSR count). The predicted octanol–water partition coefficient (Wildman–Crippen LogP) is 2.83. The van der Waals surface area contributed by atoms with E-state index in [9.17, 15) is 0 Å². The molecule has 0 unspecified atom stereocenters. The minimum Gasteiger partial charge on any atom is -0.370 e. The lowest BCUT2D eigenvalue weighted by Gasteiger charge is -2.06. The fourth-order valence-corrected chi connectivity index (χ4v) is 2.40. The summed E-state index contributed by atoms with van der Waals surface area (Å²) in [5, 5.41) is 4.55. The first-order valence-electron chi connectivity index (χ1n) is 5.34. The number of nitrogens with one attached hydrogen (secondary N) is 1. The van der Waals surface area contributed by atoms with Crippen LogP contribution < -0.4 is 5.32 Å². The number of nitrogens with zero attached hydrogens (tertiary/aromatic N) is 2. The standard InChI is InChI=1S/C12H12BrN3.ClH/c13-10-1-2-11-9(7-10)3-6-16(11)8-12-14-4-5-15-12;/h1-3,6-7H,4-5,8H2,(H,14,15);1H. The Labute approximate surface area is 114 Å². The fraction of sp³-hybridized carbons (Fsp3) is 0.250. The van der Waals surface area contributed by atoms with E-state index in [0.717, 1.165) is 29.9 Å². The Bertz CT molecular complexity index is 562. The Balaban J connectivity index is 0.00000108. The van der Waals surface area contributed by atoms with Gasteiger partial charge in [0.2, 0.25) is 0 Å². The molecule has 1 aliphatic heterocycles. The van der Waals surface area contributed by atoms with Crippen LogP contribution >= 0.6 is 28.3 Å². The van der Waals surface area contributed by atoms with Crippen molar-refractivity contribution in [1.82, 2.24) is 9.88 Å². The topological polar surface area (TPSA) is 29.3 Å². The Morgan fingerprint density at radius 1 is 1.35 bits per heavy atom. The number of hydrogen-bond acceptors (Lipinski definition) is 2. The van der Waals surface area contributed by atoms with Crippen LogP contribution in [-0.2, 0) is 6.54 Å². The molecule has 1 N–H and O–H groups in total. The number of fused-ring (bicyclic) bond motifs is 1. The first-order valence-corrected chi connectivity index (χ1v) is 6.14. The summed E-state index contributed by atoms with van der Waals surface area (Å²) in [6, 6.07) is 8.48. The Hall–Kier alpha value is -1.00. The van der Waals surface area contributed by atoms with Gasteiger partial charge in [-0.05, 0) is 24.3 Å². The van der Waals surface area contributed by atoms with Gasteiger partial charge in [0.25, 0.3) is 0 Å². The van der Waals surface area contributed by atoms with Gasteiger partial charge >= 0.3 is 0 Å². The number of amidine groups is 1. The molecule has 2 heterocycles. The quantitative estimate of drug-likeness (QED) is 0.907. The van der Waals surface area contributed by atoms with Crippen molar-refractivity contribution in [3.05, 3.63) is 34.9 Å². The van der Waals surface area contributed by atoms with Gasteiger partial charge < -0.3 is 9.88 Å². The second-order valence-electron chi connectivity index (χ2n) is 3.90. The van der Waals surface area contributed by atoms with E-state index in [2.05, 4.69) is 61.3 Å². The third kappa shape index (κ3) is 2.48. The minimum absolute atomic E-state index is 0. The van der Waals surface area contributed by atoms with E-state index < -0.39 is 0 Å². The molecular formula is C12H13BrClN3. The Morgan fingerprint density at radius 2 is 2.24 bits per heavy atom. The first kappa shape index (κ1) is 12.5. The smallest absolute Gasteiger partial charge is 0.117 e. The van der Waals surface area contributed by atoms with Gasteiger partial charge in [-0.2, -0.15) is 0 Å². The van der Waals surface area contributed by atoms with Crippen LogP contribution in [0.4, 0.5) is 0 Å². The molecule has 0 amide bonds. The molecule has 0 spiro atoms. The van der Waals surface area contributed by atoms with E-state index in [0.29, 0.717) is 0 Å². The summed E-state index contributed by atoms with van der Waals surface area (Å²) in [5.74, 6) is 1.08. The van der Waals surface area contributed by atoms with Crippen molar-refractivity contribution in [3.8, 4) is 0 Å². The first-order chi connectivity index (χ1) is 7.83. The zero-order valence-electron chi connectivity index (χ0n) is 9.19. The zero-order valence-corrected chi connectivity index (χ0v) is 11.6. The van der Waals surface area contributed by atoms with Crippen LogP contribution in [0.3, 0.4) is 0 Å². The molecule has 1 aromatic heterocycles. The highest BCUT2D eigenvalue weighted by molar-refractivity contribution is 9.10. The molecule has 0 bridgehead atoms. The monoisotopic (exact) mass is 313 g/mol. The van der Waals surface area contributed by atoms with Crippen LogP contribution in [0.2, 0.25) is 0 Å². The molecule has 17 heavy (non-hydrogen) atoms. The number of aromatic nitrogens is 1. The van der Waals surface area contributed by atoms with Crippen LogP contribution in [0.25, 0.3) is 10.9 Å². The van der Waals surface area contributed by atoms with Gasteiger partial charge in [-0.3, -0.25) is 4.99 Å². The largest absolute Gasteiger partial charge is 0.370 e. The predicted molar refractivity (Wildman–Crippen MR) is 77.2 cm³/mol. The molecule has 1 aromatic carbocycles. The molecule has 0 aliphatic carbocycles. The van der Waals surface area contributed by atoms with Gasteiger partial charge in [-0.1, -0.05) is 15.9 Å². The second kappa shape index (κ2) is 5.10. The Kier molecular flexibility index (Phi) is 3.74. The normalized spacial score (nSPS) is 14.3. The van der Waals surface area contributed by atoms with Gasteiger partial charge in [-0.15, -0.1) is 12.4 Å². The lowest BCUT2D eigenvalue weighted by atomic mass is 10.2. The van der Waals surface area contributed by atoms with Crippen molar-refractivity contribution in [2.75, 3.05) is 13.1 Å². The molecule has 1 aliphatic rings. The Morgan fingerprint density at radius 3 is 3.00 bits per heavy atom. The van der Waals surface area contributed by atoms with Crippen molar-refractivity contribution in [3.63, 3.8) is 0 Å². The van der Waals surface area contributed by atoms with E-state index in [4.69, 9.17) is 0 Å². The van der Waals surface area contributed by atoms with E-state index >= 15 is 0 Å². The van der Waals surface area contributed by atoms with Crippen molar-refractivity contribution >= 4 is 45.1 Å². The van der Waals surface area contributed by atoms with Crippen LogP contribution in [-0.4, -0.2) is 23.5 Å². The van der Waals surface area contributed by atoms with Gasteiger partial charge in [0.05, 0.1) is 13.1 Å². The van der Waals surface area contributed by atoms with Crippen molar-refractivity contribution in [2.24, 2.45) is 4.99 Å². The molecule has 0 saturated heterocycles. The maximum Gasteiger partial charge on any atom is 0.117 e. The summed E-state index contributed by atoms with van der Waals surface area (Å²) in [6.07, 6.45) is 2.11. The van der Waals surface area contributed by atoms with Crippen molar-refractivity contribution in [2.45, 2.75) is 6.54 Å². The third-order valence-corrected chi connectivity index (χ3v) is 3.29. The van der Waals surface area contributed by atoms with Crippen LogP contribution in [0.1, 0.15) is 0 Å². The highest BCUT2D eigenvalue weighted by Crippen LogP contribution is 2.20. The van der Waals surface area contributed by atoms with Crippen LogP contribution in [0.5, 0.6) is 0 Å². The molecule has 0 fully saturated rings. The van der Waals surface area contributed by atoms with Gasteiger partial charge in [0.1, 0.15) is 5.84 Å². The van der Waals surface area contributed by atoms with Gasteiger partial charge in [0.15, 0.2) is 0 Å². The minimum atomic E-state index is 0. The molecule has 90 valence electrons. The number of aliphatic imine (C=N–C) groups is 1. The van der Waals surface area contributed by atoms with E-state index in [1.807, 2.05) is 0 Å². The lowest BCUT2D eigenvalue weighted by Crippen LogP contribution is -2.23. The molecule has 5 heteroatoms. The summed E-state index contributed by atoms with van der Waals surface area (Å²) in [5.41, 5.74) is 1.25. The lowest BCUT2D eigenvalue weighted by molar-refractivity contribution is 0.863. The average molecular weight is 315 g/mol. The maximum atomic E-state index is 4.41. The van der Waals surface area contributed by atoms with Crippen molar-refractivity contribution in [1.29, 1.82) is 0 Å². The number of benzene rings is 1. The van der Waals surface area contributed by atoms with Gasteiger partial charge in [-0.25, -0.2) is 0 Å². The highest BCUT2D eigenvalue weighted by atomic mass is 79.9. The SMILES string of the molecule is Brc1ccc2c(ccn2CC2=NCCN2)c1.Cl. The third-order valence-electron chi connectivity index (χ3n) is 2.80. The van der Waals surface area contributed by atoms with E-state index in [-0.39, 0.29) is 12.4 Å².